The van der Waals surface area contributed by atoms with Gasteiger partial charge < -0.3 is 15.1 Å². The maximum atomic E-state index is 9.36. The largest absolute Gasteiger partial charge is 0.329 e. The molecule has 17 heavy (non-hydrogen) atoms. The molecule has 3 N–H and O–H groups in total. The molecule has 0 bridgehead atoms. The van der Waals surface area contributed by atoms with E-state index in [4.69, 9.17) is 4.52 Å². The van der Waals surface area contributed by atoms with Crippen LogP contribution in [-0.4, -0.2) is 40.0 Å². The lowest BCUT2D eigenvalue weighted by atomic mass is 10.3. The third-order valence-corrected chi connectivity index (χ3v) is 3.09. The van der Waals surface area contributed by atoms with Crippen molar-refractivity contribution >= 4 is 24.7 Å². The number of nitrogens with zero attached hydrogens (tertiary/aromatic N) is 2. The number of aliphatic imine (C=N–C) groups is 1. The van der Waals surface area contributed by atoms with Crippen molar-refractivity contribution in [3.8, 4) is 0 Å². The van der Waals surface area contributed by atoms with Crippen LogP contribution in [0.2, 0.25) is 0 Å². The molecule has 8 heteroatoms. The molecule has 6 nitrogen and oxygen atoms in total. The summed E-state index contributed by atoms with van der Waals surface area (Å²) in [6, 6.07) is 0. The minimum atomic E-state index is -3.82. The minimum Gasteiger partial charge on any atom is -0.329 e. The first-order chi connectivity index (χ1) is 7.83. The van der Waals surface area contributed by atoms with Crippen molar-refractivity contribution in [3.63, 3.8) is 0 Å². The molecule has 0 fully saturated rings. The molecule has 1 aliphatic heterocycles. The Labute approximate surface area is 106 Å². The zero-order chi connectivity index (χ0) is 13.1. The van der Waals surface area contributed by atoms with Gasteiger partial charge in [0, 0.05) is 25.0 Å². The highest BCUT2D eigenvalue weighted by Gasteiger charge is 2.41. The molecular formula is C9H18N3O3PS. The Bertz CT molecular complexity index is 378. The highest BCUT2D eigenvalue weighted by atomic mass is 32.5. The number of nitrogens with one attached hydrogen (secondary N) is 1. The van der Waals surface area contributed by atoms with Gasteiger partial charge in [0.2, 0.25) is 0 Å². The summed E-state index contributed by atoms with van der Waals surface area (Å²) in [6.07, 6.45) is 3.33. The van der Waals surface area contributed by atoms with Gasteiger partial charge in [-0.05, 0) is 24.8 Å². The Kier molecular flexibility index (Phi) is 4.83. The summed E-state index contributed by atoms with van der Waals surface area (Å²) in [5, 5.41) is 3.00. The summed E-state index contributed by atoms with van der Waals surface area (Å²) >= 11 is 4.53. The third kappa shape index (κ3) is 3.84. The molecule has 1 rings (SSSR count). The van der Waals surface area contributed by atoms with Gasteiger partial charge in [-0.2, -0.15) is 0 Å². The number of hydrogen-bond acceptors (Lipinski definition) is 5. The van der Waals surface area contributed by atoms with Gasteiger partial charge in [0.1, 0.15) is 0 Å². The molecular weight excluding hydrogens is 261 g/mol. The van der Waals surface area contributed by atoms with Crippen molar-refractivity contribution < 1.29 is 14.3 Å². The summed E-state index contributed by atoms with van der Waals surface area (Å²) in [5.74, 6) is -1.32. The number of rotatable bonds is 5. The van der Waals surface area contributed by atoms with E-state index in [0.717, 1.165) is 5.70 Å². The van der Waals surface area contributed by atoms with Crippen LogP contribution in [0.15, 0.2) is 16.8 Å². The number of allylic oxidation sites excluding steroid dienone is 2. The van der Waals surface area contributed by atoms with Crippen LogP contribution in [0.4, 0.5) is 0 Å². The Morgan fingerprint density at radius 1 is 1.53 bits per heavy atom. The SMILES string of the molecule is CCN(CC)C1(OP(O)(O)=S)N=CC=C(C)N1. The van der Waals surface area contributed by atoms with Crippen LogP contribution in [0.3, 0.4) is 0 Å². The lowest BCUT2D eigenvalue weighted by Gasteiger charge is -2.41. The zero-order valence-corrected chi connectivity index (χ0v) is 11.8. The predicted octanol–water partition coefficient (Wildman–Crippen LogP) is 0.743. The monoisotopic (exact) mass is 279 g/mol. The van der Waals surface area contributed by atoms with Gasteiger partial charge in [-0.1, -0.05) is 13.8 Å². The zero-order valence-electron chi connectivity index (χ0n) is 10.1. The van der Waals surface area contributed by atoms with Crippen LogP contribution in [0.1, 0.15) is 20.8 Å². The molecule has 0 spiro atoms. The first-order valence-electron chi connectivity index (χ1n) is 5.34. The summed E-state index contributed by atoms with van der Waals surface area (Å²) < 4.78 is 5.19. The van der Waals surface area contributed by atoms with E-state index in [1.165, 1.54) is 0 Å². The Morgan fingerprint density at radius 2 is 2.12 bits per heavy atom. The lowest BCUT2D eigenvalue weighted by molar-refractivity contribution is -0.101. The van der Waals surface area contributed by atoms with Crippen molar-refractivity contribution in [3.05, 3.63) is 11.8 Å². The van der Waals surface area contributed by atoms with Crippen molar-refractivity contribution in [1.29, 1.82) is 0 Å². The maximum absolute atomic E-state index is 9.36. The molecule has 1 atom stereocenters. The number of hydrogen-bond donors (Lipinski definition) is 3. The molecule has 0 aromatic carbocycles. The normalized spacial score (nSPS) is 24.7. The topological polar surface area (TPSA) is 77.3 Å². The van der Waals surface area contributed by atoms with Crippen LogP contribution in [0.5, 0.6) is 0 Å². The maximum Gasteiger partial charge on any atom is 0.326 e. The van der Waals surface area contributed by atoms with Gasteiger partial charge in [-0.15, -0.1) is 0 Å². The van der Waals surface area contributed by atoms with Gasteiger partial charge >= 0.3 is 12.7 Å². The molecule has 1 aliphatic rings. The van der Waals surface area contributed by atoms with Gasteiger partial charge in [0.15, 0.2) is 0 Å². The van der Waals surface area contributed by atoms with E-state index in [2.05, 4.69) is 22.1 Å². The van der Waals surface area contributed by atoms with E-state index in [-0.39, 0.29) is 0 Å². The Balaban J connectivity index is 3.06. The fourth-order valence-electron chi connectivity index (χ4n) is 1.66. The van der Waals surface area contributed by atoms with Crippen molar-refractivity contribution in [2.24, 2.45) is 4.99 Å². The summed E-state index contributed by atoms with van der Waals surface area (Å²) in [7, 11) is 0. The average molecular weight is 279 g/mol. The first-order valence-corrected chi connectivity index (χ1v) is 7.97. The Morgan fingerprint density at radius 3 is 2.53 bits per heavy atom. The second-order valence-corrected chi connectivity index (χ2v) is 6.21. The fraction of sp³-hybridized carbons (Fsp3) is 0.667. The van der Waals surface area contributed by atoms with Gasteiger partial charge in [-0.3, -0.25) is 0 Å². The third-order valence-electron chi connectivity index (χ3n) is 2.37. The van der Waals surface area contributed by atoms with Crippen molar-refractivity contribution in [1.82, 2.24) is 10.2 Å². The van der Waals surface area contributed by atoms with E-state index in [1.54, 1.807) is 12.3 Å². The Hall–Kier alpha value is -0.300. The first kappa shape index (κ1) is 14.8. The van der Waals surface area contributed by atoms with Crippen LogP contribution in [0.25, 0.3) is 0 Å². The van der Waals surface area contributed by atoms with E-state index < -0.39 is 12.7 Å². The molecule has 0 saturated heterocycles. The molecule has 0 aromatic heterocycles. The molecule has 0 aliphatic carbocycles. The van der Waals surface area contributed by atoms with Gasteiger partial charge in [0.05, 0.1) is 0 Å². The lowest BCUT2D eigenvalue weighted by Crippen LogP contribution is -2.59. The summed E-state index contributed by atoms with van der Waals surface area (Å²) in [5.41, 5.74) is 0.815. The van der Waals surface area contributed by atoms with Crippen LogP contribution < -0.4 is 5.32 Å². The molecule has 1 heterocycles. The second-order valence-electron chi connectivity index (χ2n) is 3.62. The smallest absolute Gasteiger partial charge is 0.326 e. The standard InChI is InChI=1S/C9H18N3O3PS/c1-4-12(5-2)9(15-16(13,14)17)10-7-6-8(3)11-9/h6-7,11H,4-5H2,1-3H3,(H2,13,14,17). The molecule has 0 amide bonds. The average Bonchev–Trinajstić information content (AvgIpc) is 2.16. The molecule has 98 valence electrons. The van der Waals surface area contributed by atoms with E-state index in [1.807, 2.05) is 25.7 Å². The summed E-state index contributed by atoms with van der Waals surface area (Å²) in [4.78, 5) is 24.7. The van der Waals surface area contributed by atoms with Crippen LogP contribution in [0, 0.1) is 0 Å². The highest BCUT2D eigenvalue weighted by Crippen LogP contribution is 2.43. The van der Waals surface area contributed by atoms with Gasteiger partial charge in [-0.25, -0.2) is 14.4 Å². The van der Waals surface area contributed by atoms with Crippen molar-refractivity contribution in [2.75, 3.05) is 13.1 Å². The van der Waals surface area contributed by atoms with Gasteiger partial charge in [0.25, 0.3) is 0 Å². The fourth-order valence-corrected chi connectivity index (χ4v) is 2.52. The highest BCUT2D eigenvalue weighted by molar-refractivity contribution is 8.06. The van der Waals surface area contributed by atoms with E-state index in [0.29, 0.717) is 13.1 Å². The van der Waals surface area contributed by atoms with Crippen molar-refractivity contribution in [2.45, 2.75) is 26.7 Å². The van der Waals surface area contributed by atoms with E-state index >= 15 is 0 Å². The molecule has 0 aromatic rings. The molecule has 1 unspecified atom stereocenters. The minimum absolute atomic E-state index is 0.628. The van der Waals surface area contributed by atoms with Crippen LogP contribution >= 0.6 is 6.72 Å². The predicted molar refractivity (Wildman–Crippen MR) is 70.8 cm³/mol. The summed E-state index contributed by atoms with van der Waals surface area (Å²) in [6.45, 7) is 3.13. The quantitative estimate of drug-likeness (QED) is 0.509. The van der Waals surface area contributed by atoms with Crippen LogP contribution in [-0.2, 0) is 16.3 Å². The second kappa shape index (κ2) is 5.56. The molecule has 0 radical (unpaired) electrons. The molecule has 0 saturated carbocycles. The van der Waals surface area contributed by atoms with E-state index in [9.17, 15) is 9.79 Å².